The van der Waals surface area contributed by atoms with Gasteiger partial charge in [0.25, 0.3) is 5.69 Å². The summed E-state index contributed by atoms with van der Waals surface area (Å²) in [6.07, 6.45) is 0. The van der Waals surface area contributed by atoms with E-state index in [1.54, 1.807) is 12.1 Å². The fourth-order valence-electron chi connectivity index (χ4n) is 2.75. The molecule has 6 heteroatoms. The van der Waals surface area contributed by atoms with E-state index in [2.05, 4.69) is 16.4 Å². The fraction of sp³-hybridized carbons (Fsp3) is 0.0588. The normalized spacial score (nSPS) is 11.1. The first-order chi connectivity index (χ1) is 11.2. The first kappa shape index (κ1) is 13.4. The van der Waals surface area contributed by atoms with Gasteiger partial charge in [-0.3, -0.25) is 10.1 Å². The molecule has 0 radical (unpaired) electrons. The zero-order chi connectivity index (χ0) is 15.8. The van der Waals surface area contributed by atoms with Gasteiger partial charge in [-0.05, 0) is 17.0 Å². The van der Waals surface area contributed by atoms with E-state index in [0.29, 0.717) is 6.54 Å². The van der Waals surface area contributed by atoms with Crippen molar-refractivity contribution in [3.05, 3.63) is 76.3 Å². The summed E-state index contributed by atoms with van der Waals surface area (Å²) in [6.45, 7) is 0.516. The van der Waals surface area contributed by atoms with Crippen molar-refractivity contribution in [2.45, 2.75) is 6.54 Å². The molecule has 0 saturated heterocycles. The van der Waals surface area contributed by atoms with Crippen LogP contribution in [0.4, 0.5) is 5.69 Å². The van der Waals surface area contributed by atoms with Gasteiger partial charge in [0.15, 0.2) is 0 Å². The van der Waals surface area contributed by atoms with E-state index in [0.717, 1.165) is 27.4 Å². The molecule has 0 amide bonds. The van der Waals surface area contributed by atoms with Crippen LogP contribution in [0.25, 0.3) is 21.8 Å². The standard InChI is InChI=1S/C17H12N4O2/c22-21(23)14-8-5-12(6-9-14)11-20-17-15-4-2-1-3-13(15)7-10-16(17)18-19-20/h1-10H,11H2. The van der Waals surface area contributed by atoms with E-state index < -0.39 is 4.92 Å². The Bertz CT molecular complexity index is 1020. The van der Waals surface area contributed by atoms with Crippen LogP contribution in [0.1, 0.15) is 5.56 Å². The molecule has 0 bridgehead atoms. The molecule has 3 aromatic carbocycles. The van der Waals surface area contributed by atoms with Crippen molar-refractivity contribution in [1.29, 1.82) is 0 Å². The molecule has 1 heterocycles. The Hall–Kier alpha value is -3.28. The van der Waals surface area contributed by atoms with Gasteiger partial charge in [-0.2, -0.15) is 0 Å². The minimum absolute atomic E-state index is 0.0858. The van der Waals surface area contributed by atoms with Gasteiger partial charge in [0.05, 0.1) is 17.0 Å². The lowest BCUT2D eigenvalue weighted by atomic mass is 10.1. The number of fused-ring (bicyclic) bond motifs is 3. The molecule has 23 heavy (non-hydrogen) atoms. The molecule has 0 N–H and O–H groups in total. The van der Waals surface area contributed by atoms with Crippen molar-refractivity contribution in [2.24, 2.45) is 0 Å². The second kappa shape index (κ2) is 5.17. The van der Waals surface area contributed by atoms with Crippen molar-refractivity contribution >= 4 is 27.5 Å². The molecule has 6 nitrogen and oxygen atoms in total. The number of aromatic nitrogens is 3. The summed E-state index contributed by atoms with van der Waals surface area (Å²) in [5.41, 5.74) is 2.84. The SMILES string of the molecule is O=[N+]([O-])c1ccc(Cn2nnc3ccc4ccccc4c32)cc1. The summed E-state index contributed by atoms with van der Waals surface area (Å²) in [4.78, 5) is 10.3. The zero-order valence-corrected chi connectivity index (χ0v) is 12.1. The highest BCUT2D eigenvalue weighted by atomic mass is 16.6. The van der Waals surface area contributed by atoms with Gasteiger partial charge in [-0.1, -0.05) is 47.7 Å². The highest BCUT2D eigenvalue weighted by Crippen LogP contribution is 2.24. The summed E-state index contributed by atoms with van der Waals surface area (Å²) in [5.74, 6) is 0. The Labute approximate surface area is 131 Å². The molecule has 4 rings (SSSR count). The number of nitro benzene ring substituents is 1. The predicted molar refractivity (Wildman–Crippen MR) is 87.2 cm³/mol. The Morgan fingerprint density at radius 1 is 1.00 bits per heavy atom. The molecular formula is C17H12N4O2. The van der Waals surface area contributed by atoms with Gasteiger partial charge in [-0.25, -0.2) is 4.68 Å². The van der Waals surface area contributed by atoms with Crippen LogP contribution in [0.3, 0.4) is 0 Å². The number of rotatable bonds is 3. The average Bonchev–Trinajstić information content (AvgIpc) is 2.99. The van der Waals surface area contributed by atoms with E-state index in [4.69, 9.17) is 0 Å². The van der Waals surface area contributed by atoms with Gasteiger partial charge in [0, 0.05) is 17.5 Å². The Kier molecular flexibility index (Phi) is 3.01. The van der Waals surface area contributed by atoms with Crippen molar-refractivity contribution in [1.82, 2.24) is 15.0 Å². The lowest BCUT2D eigenvalue weighted by Gasteiger charge is -2.05. The first-order valence-electron chi connectivity index (χ1n) is 7.17. The van der Waals surface area contributed by atoms with Gasteiger partial charge >= 0.3 is 0 Å². The van der Waals surface area contributed by atoms with Gasteiger partial charge in [-0.15, -0.1) is 5.10 Å². The third kappa shape index (κ3) is 2.30. The topological polar surface area (TPSA) is 73.8 Å². The number of non-ortho nitro benzene ring substituents is 1. The van der Waals surface area contributed by atoms with Crippen LogP contribution in [0, 0.1) is 10.1 Å². The molecule has 0 aliphatic carbocycles. The van der Waals surface area contributed by atoms with Crippen LogP contribution < -0.4 is 0 Å². The monoisotopic (exact) mass is 304 g/mol. The predicted octanol–water partition coefficient (Wildman–Crippen LogP) is 3.54. The quantitative estimate of drug-likeness (QED) is 0.428. The Balaban J connectivity index is 1.79. The Morgan fingerprint density at radius 3 is 2.57 bits per heavy atom. The van der Waals surface area contributed by atoms with Crippen molar-refractivity contribution in [2.75, 3.05) is 0 Å². The van der Waals surface area contributed by atoms with Crippen molar-refractivity contribution < 1.29 is 4.92 Å². The summed E-state index contributed by atoms with van der Waals surface area (Å²) in [5, 5.41) is 21.4. The molecule has 0 unspecified atom stereocenters. The lowest BCUT2D eigenvalue weighted by Crippen LogP contribution is -2.02. The van der Waals surface area contributed by atoms with Gasteiger partial charge < -0.3 is 0 Å². The molecule has 112 valence electrons. The number of hydrogen-bond donors (Lipinski definition) is 0. The second-order valence-electron chi connectivity index (χ2n) is 5.33. The highest BCUT2D eigenvalue weighted by molar-refractivity contribution is 6.03. The maximum atomic E-state index is 10.7. The minimum Gasteiger partial charge on any atom is -0.258 e. The number of benzene rings is 3. The van der Waals surface area contributed by atoms with E-state index in [1.807, 2.05) is 35.0 Å². The summed E-state index contributed by atoms with van der Waals surface area (Å²) in [6, 6.07) is 18.6. The summed E-state index contributed by atoms with van der Waals surface area (Å²) in [7, 11) is 0. The minimum atomic E-state index is -0.401. The number of hydrogen-bond acceptors (Lipinski definition) is 4. The molecule has 0 aliphatic rings. The van der Waals surface area contributed by atoms with Crippen LogP contribution >= 0.6 is 0 Å². The third-order valence-corrected chi connectivity index (χ3v) is 3.88. The van der Waals surface area contributed by atoms with E-state index in [1.165, 1.54) is 12.1 Å². The van der Waals surface area contributed by atoms with Crippen LogP contribution in [0.15, 0.2) is 60.7 Å². The summed E-state index contributed by atoms with van der Waals surface area (Å²) >= 11 is 0. The van der Waals surface area contributed by atoms with Crippen molar-refractivity contribution in [3.8, 4) is 0 Å². The lowest BCUT2D eigenvalue weighted by molar-refractivity contribution is -0.384. The average molecular weight is 304 g/mol. The number of nitro groups is 1. The summed E-state index contributed by atoms with van der Waals surface area (Å²) < 4.78 is 1.83. The molecule has 0 fully saturated rings. The van der Waals surface area contributed by atoms with E-state index in [-0.39, 0.29) is 5.69 Å². The van der Waals surface area contributed by atoms with Crippen LogP contribution in [-0.4, -0.2) is 19.9 Å². The highest BCUT2D eigenvalue weighted by Gasteiger charge is 2.10. The van der Waals surface area contributed by atoms with Crippen LogP contribution in [-0.2, 0) is 6.54 Å². The van der Waals surface area contributed by atoms with E-state index in [9.17, 15) is 10.1 Å². The van der Waals surface area contributed by atoms with Gasteiger partial charge in [0.1, 0.15) is 5.52 Å². The number of nitrogens with zero attached hydrogens (tertiary/aromatic N) is 4. The smallest absolute Gasteiger partial charge is 0.258 e. The molecule has 0 saturated carbocycles. The molecule has 4 aromatic rings. The van der Waals surface area contributed by atoms with Gasteiger partial charge in [0.2, 0.25) is 0 Å². The zero-order valence-electron chi connectivity index (χ0n) is 12.1. The maximum absolute atomic E-state index is 10.7. The maximum Gasteiger partial charge on any atom is 0.269 e. The molecule has 0 spiro atoms. The molecule has 0 atom stereocenters. The van der Waals surface area contributed by atoms with Crippen LogP contribution in [0.5, 0.6) is 0 Å². The fourth-order valence-corrected chi connectivity index (χ4v) is 2.75. The first-order valence-corrected chi connectivity index (χ1v) is 7.17. The third-order valence-electron chi connectivity index (χ3n) is 3.88. The van der Waals surface area contributed by atoms with Crippen LogP contribution in [0.2, 0.25) is 0 Å². The molecular weight excluding hydrogens is 292 g/mol. The molecule has 1 aromatic heterocycles. The largest absolute Gasteiger partial charge is 0.269 e. The second-order valence-corrected chi connectivity index (χ2v) is 5.33. The van der Waals surface area contributed by atoms with E-state index >= 15 is 0 Å². The van der Waals surface area contributed by atoms with Crippen molar-refractivity contribution in [3.63, 3.8) is 0 Å². The Morgan fingerprint density at radius 2 is 1.78 bits per heavy atom. The molecule has 0 aliphatic heterocycles.